The highest BCUT2D eigenvalue weighted by Gasteiger charge is 2.49. The van der Waals surface area contributed by atoms with Gasteiger partial charge in [0, 0.05) is 26.1 Å². The van der Waals surface area contributed by atoms with Crippen molar-refractivity contribution in [2.45, 2.75) is 50.7 Å². The van der Waals surface area contributed by atoms with Crippen LogP contribution in [0.5, 0.6) is 0 Å². The Balaban J connectivity index is 1.48. The van der Waals surface area contributed by atoms with Crippen LogP contribution in [0.15, 0.2) is 22.7 Å². The lowest BCUT2D eigenvalue weighted by molar-refractivity contribution is 0.0353. The molecule has 0 aliphatic carbocycles. The van der Waals surface area contributed by atoms with Crippen molar-refractivity contribution in [1.29, 1.82) is 0 Å². The van der Waals surface area contributed by atoms with E-state index >= 15 is 0 Å². The summed E-state index contributed by atoms with van der Waals surface area (Å²) in [6.07, 6.45) is 5.85. The minimum absolute atomic E-state index is 0.0216. The zero-order valence-electron chi connectivity index (χ0n) is 16.0. The average molecular weight is 390 g/mol. The lowest BCUT2D eigenvalue weighted by Gasteiger charge is -2.47. The third-order valence-electron chi connectivity index (χ3n) is 6.07. The number of aryl methyl sites for hydroxylation is 1. The minimum Gasteiger partial charge on any atom is -0.456 e. The van der Waals surface area contributed by atoms with Crippen molar-refractivity contribution in [3.8, 4) is 0 Å². The van der Waals surface area contributed by atoms with Crippen LogP contribution in [0.1, 0.15) is 47.4 Å². The molecule has 27 heavy (non-hydrogen) atoms. The molecule has 146 valence electrons. The Morgan fingerprint density at radius 2 is 2.33 bits per heavy atom. The molecule has 2 unspecified atom stereocenters. The number of likely N-dealkylation sites (N-methyl/N-ethyl adjacent to an activating group) is 1. The summed E-state index contributed by atoms with van der Waals surface area (Å²) in [6.45, 7) is 5.93. The topological polar surface area (TPSA) is 74.5 Å². The number of nitrogens with one attached hydrogen (secondary N) is 1. The summed E-state index contributed by atoms with van der Waals surface area (Å²) in [7, 11) is 2.19. The summed E-state index contributed by atoms with van der Waals surface area (Å²) in [5.41, 5.74) is -0.0216. The van der Waals surface area contributed by atoms with Gasteiger partial charge in [0.05, 0.1) is 22.7 Å². The van der Waals surface area contributed by atoms with E-state index in [1.807, 2.05) is 19.2 Å². The molecule has 2 fully saturated rings. The second-order valence-corrected chi connectivity index (χ2v) is 8.53. The van der Waals surface area contributed by atoms with Crippen LogP contribution >= 0.6 is 11.5 Å². The van der Waals surface area contributed by atoms with Gasteiger partial charge in [-0.2, -0.15) is 0 Å². The number of nitrogens with zero attached hydrogens (tertiary/aromatic N) is 4. The number of carbonyl (C=O) groups is 1. The van der Waals surface area contributed by atoms with Gasteiger partial charge in [-0.3, -0.25) is 14.6 Å². The fraction of sp³-hybridized carbons (Fsp3) is 0.632. The van der Waals surface area contributed by atoms with Crippen LogP contribution in [0.2, 0.25) is 0 Å². The fourth-order valence-corrected chi connectivity index (χ4v) is 5.10. The first kappa shape index (κ1) is 18.6. The Hall–Kier alpha value is -1.77. The van der Waals surface area contributed by atoms with Gasteiger partial charge < -0.3 is 9.73 Å². The van der Waals surface area contributed by atoms with Crippen molar-refractivity contribution < 1.29 is 9.21 Å². The molecule has 4 heterocycles. The maximum absolute atomic E-state index is 12.7. The van der Waals surface area contributed by atoms with Crippen LogP contribution in [0.3, 0.4) is 0 Å². The van der Waals surface area contributed by atoms with Crippen molar-refractivity contribution in [3.05, 3.63) is 34.7 Å². The van der Waals surface area contributed by atoms with Gasteiger partial charge in [0.1, 0.15) is 5.76 Å². The first-order chi connectivity index (χ1) is 13.1. The van der Waals surface area contributed by atoms with E-state index in [1.165, 1.54) is 16.4 Å². The smallest absolute Gasteiger partial charge is 0.287 e. The molecular weight excluding hydrogens is 362 g/mol. The van der Waals surface area contributed by atoms with Gasteiger partial charge in [-0.05, 0) is 56.5 Å². The molecule has 1 spiro atoms. The summed E-state index contributed by atoms with van der Waals surface area (Å²) in [5.74, 6) is 1.17. The number of hydrogen-bond acceptors (Lipinski definition) is 7. The number of carbonyl (C=O) groups excluding carboxylic acids is 1. The first-order valence-corrected chi connectivity index (χ1v) is 10.5. The van der Waals surface area contributed by atoms with Gasteiger partial charge >= 0.3 is 0 Å². The zero-order chi connectivity index (χ0) is 18.9. The van der Waals surface area contributed by atoms with Crippen molar-refractivity contribution in [1.82, 2.24) is 24.7 Å². The van der Waals surface area contributed by atoms with E-state index in [4.69, 9.17) is 4.42 Å². The van der Waals surface area contributed by atoms with Crippen molar-refractivity contribution >= 4 is 17.4 Å². The van der Waals surface area contributed by atoms with Crippen LogP contribution in [0.25, 0.3) is 0 Å². The number of piperidine rings is 1. The molecule has 2 atom stereocenters. The molecule has 2 aromatic rings. The number of furan rings is 1. The summed E-state index contributed by atoms with van der Waals surface area (Å²) >= 11 is 1.46. The Labute approximate surface area is 163 Å². The second kappa shape index (κ2) is 7.69. The van der Waals surface area contributed by atoms with Gasteiger partial charge in [0.2, 0.25) is 0 Å². The number of amides is 1. The molecule has 2 aromatic heterocycles. The Bertz CT molecular complexity index is 777. The Morgan fingerprint density at radius 1 is 1.44 bits per heavy atom. The largest absolute Gasteiger partial charge is 0.456 e. The average Bonchev–Trinajstić information content (AvgIpc) is 3.40. The SMILES string of the molecule is CCc1ccc(C(=O)NC2CCN(C)C23CCCN(Cc2cnns2)C3)o1. The Kier molecular flexibility index (Phi) is 5.29. The van der Waals surface area contributed by atoms with Crippen LogP contribution in [-0.2, 0) is 13.0 Å². The molecule has 8 heteroatoms. The lowest BCUT2D eigenvalue weighted by Crippen LogP contribution is -2.63. The molecule has 4 rings (SSSR count). The van der Waals surface area contributed by atoms with Crippen molar-refractivity contribution in [3.63, 3.8) is 0 Å². The van der Waals surface area contributed by atoms with E-state index in [0.29, 0.717) is 5.76 Å². The van der Waals surface area contributed by atoms with Gasteiger partial charge in [-0.15, -0.1) is 5.10 Å². The molecule has 2 saturated heterocycles. The highest BCUT2D eigenvalue weighted by atomic mass is 32.1. The molecule has 0 aromatic carbocycles. The predicted octanol–water partition coefficient (Wildman–Crippen LogP) is 2.16. The molecule has 0 bridgehead atoms. The fourth-order valence-electron chi connectivity index (χ4n) is 4.57. The lowest BCUT2D eigenvalue weighted by atomic mass is 9.82. The van der Waals surface area contributed by atoms with Gasteiger partial charge in [0.15, 0.2) is 5.76 Å². The van der Waals surface area contributed by atoms with Crippen LogP contribution in [-0.4, -0.2) is 63.6 Å². The van der Waals surface area contributed by atoms with Crippen LogP contribution < -0.4 is 5.32 Å². The predicted molar refractivity (Wildman–Crippen MR) is 104 cm³/mol. The van der Waals surface area contributed by atoms with E-state index < -0.39 is 0 Å². The molecular formula is C19H27N5O2S. The first-order valence-electron chi connectivity index (χ1n) is 9.70. The van der Waals surface area contributed by atoms with E-state index in [0.717, 1.165) is 57.6 Å². The number of rotatable bonds is 5. The highest BCUT2D eigenvalue weighted by Crippen LogP contribution is 2.37. The standard InChI is InChI=1S/C19H27N5O2S/c1-3-14-5-6-16(26-14)18(25)21-17-7-10-23(2)19(17)8-4-9-24(13-19)12-15-11-20-22-27-15/h5-6,11,17H,3-4,7-10,12-13H2,1-2H3,(H,21,25). The van der Waals surface area contributed by atoms with Crippen molar-refractivity contribution in [2.24, 2.45) is 0 Å². The summed E-state index contributed by atoms with van der Waals surface area (Å²) in [6, 6.07) is 3.80. The van der Waals surface area contributed by atoms with E-state index in [2.05, 4.69) is 31.8 Å². The number of aromatic nitrogens is 2. The zero-order valence-corrected chi connectivity index (χ0v) is 16.8. The minimum atomic E-state index is -0.0989. The summed E-state index contributed by atoms with van der Waals surface area (Å²) in [5, 5.41) is 7.23. The second-order valence-electron chi connectivity index (χ2n) is 7.66. The Morgan fingerprint density at radius 3 is 3.07 bits per heavy atom. The van der Waals surface area contributed by atoms with Gasteiger partial charge in [-0.1, -0.05) is 11.4 Å². The summed E-state index contributed by atoms with van der Waals surface area (Å²) in [4.78, 5) is 18.9. The molecule has 7 nitrogen and oxygen atoms in total. The molecule has 0 saturated carbocycles. The van der Waals surface area contributed by atoms with Gasteiger partial charge in [-0.25, -0.2) is 0 Å². The molecule has 2 aliphatic heterocycles. The number of hydrogen-bond donors (Lipinski definition) is 1. The quantitative estimate of drug-likeness (QED) is 0.845. The normalized spacial score (nSPS) is 26.7. The molecule has 0 radical (unpaired) electrons. The third kappa shape index (κ3) is 3.66. The molecule has 1 amide bonds. The van der Waals surface area contributed by atoms with Crippen molar-refractivity contribution in [2.75, 3.05) is 26.7 Å². The summed E-state index contributed by atoms with van der Waals surface area (Å²) < 4.78 is 9.63. The molecule has 1 N–H and O–H groups in total. The van der Waals surface area contributed by atoms with E-state index in [1.54, 1.807) is 6.07 Å². The van der Waals surface area contributed by atoms with E-state index in [9.17, 15) is 4.79 Å². The van der Waals surface area contributed by atoms with E-state index in [-0.39, 0.29) is 17.5 Å². The van der Waals surface area contributed by atoms with Crippen LogP contribution in [0, 0.1) is 0 Å². The maximum atomic E-state index is 12.7. The highest BCUT2D eigenvalue weighted by molar-refractivity contribution is 7.05. The van der Waals surface area contributed by atoms with Crippen LogP contribution in [0.4, 0.5) is 0 Å². The monoisotopic (exact) mass is 389 g/mol. The third-order valence-corrected chi connectivity index (χ3v) is 6.71. The maximum Gasteiger partial charge on any atom is 0.287 e. The molecule has 2 aliphatic rings. The van der Waals surface area contributed by atoms with Gasteiger partial charge in [0.25, 0.3) is 5.91 Å². The number of likely N-dealkylation sites (tertiary alicyclic amines) is 2.